The molecule has 36 heavy (non-hydrogen) atoms. The Hall–Kier alpha value is -2.97. The number of aryl methyl sites for hydroxylation is 1. The number of nitrogens with two attached hydrogens (primary N) is 1. The summed E-state index contributed by atoms with van der Waals surface area (Å²) in [6, 6.07) is 11.6. The zero-order valence-electron chi connectivity index (χ0n) is 21.1. The number of carboxylic acids is 1. The number of pyridine rings is 1. The fourth-order valence-corrected chi connectivity index (χ4v) is 5.61. The van der Waals surface area contributed by atoms with Gasteiger partial charge in [0.15, 0.2) is 0 Å². The highest BCUT2D eigenvalue weighted by Crippen LogP contribution is 2.41. The van der Waals surface area contributed by atoms with Gasteiger partial charge in [0, 0.05) is 56.5 Å². The Morgan fingerprint density at radius 3 is 2.83 bits per heavy atom. The lowest BCUT2D eigenvalue weighted by Crippen LogP contribution is -2.45. The van der Waals surface area contributed by atoms with Crippen LogP contribution in [0.25, 0.3) is 0 Å². The van der Waals surface area contributed by atoms with Crippen LogP contribution in [0.15, 0.2) is 42.6 Å². The zero-order chi connectivity index (χ0) is 25.5. The third-order valence-corrected chi connectivity index (χ3v) is 7.47. The SMILES string of the molecule is CCCCN(CCN)C(=O)CN1CC(c2ccc3c(c2)CCO3)C(C(=O)O)C1CCc1ccccn1. The first-order valence-corrected chi connectivity index (χ1v) is 13.1. The monoisotopic (exact) mass is 494 g/mol. The molecule has 1 aromatic heterocycles. The van der Waals surface area contributed by atoms with Crippen LogP contribution in [-0.4, -0.2) is 77.1 Å². The molecule has 8 nitrogen and oxygen atoms in total. The summed E-state index contributed by atoms with van der Waals surface area (Å²) in [5.41, 5.74) is 8.86. The Morgan fingerprint density at radius 2 is 2.11 bits per heavy atom. The minimum atomic E-state index is -0.817. The second-order valence-corrected chi connectivity index (χ2v) is 9.82. The number of fused-ring (bicyclic) bond motifs is 1. The lowest BCUT2D eigenvalue weighted by molar-refractivity contribution is -0.143. The molecule has 1 aromatic carbocycles. The van der Waals surface area contributed by atoms with E-state index in [0.29, 0.717) is 45.6 Å². The van der Waals surface area contributed by atoms with E-state index in [1.807, 2.05) is 35.2 Å². The van der Waals surface area contributed by atoms with Gasteiger partial charge in [0.05, 0.1) is 19.1 Å². The molecule has 2 aliphatic heterocycles. The molecule has 0 bridgehead atoms. The van der Waals surface area contributed by atoms with Gasteiger partial charge in [-0.05, 0) is 48.6 Å². The quantitative estimate of drug-likeness (QED) is 0.467. The number of likely N-dealkylation sites (tertiary alicyclic amines) is 1. The van der Waals surface area contributed by atoms with E-state index in [0.717, 1.165) is 41.8 Å². The van der Waals surface area contributed by atoms with Crippen molar-refractivity contribution < 1.29 is 19.4 Å². The normalized spacial score (nSPS) is 21.2. The van der Waals surface area contributed by atoms with Crippen LogP contribution in [0.4, 0.5) is 0 Å². The number of carboxylic acid groups (broad SMARTS) is 1. The van der Waals surface area contributed by atoms with Gasteiger partial charge >= 0.3 is 5.97 Å². The minimum absolute atomic E-state index is 0.0175. The summed E-state index contributed by atoms with van der Waals surface area (Å²) >= 11 is 0. The van der Waals surface area contributed by atoms with Gasteiger partial charge in [0.25, 0.3) is 0 Å². The van der Waals surface area contributed by atoms with E-state index in [2.05, 4.69) is 22.9 Å². The van der Waals surface area contributed by atoms with Crippen LogP contribution >= 0.6 is 0 Å². The molecule has 0 radical (unpaired) electrons. The highest BCUT2D eigenvalue weighted by Gasteiger charge is 2.47. The van der Waals surface area contributed by atoms with Crippen LogP contribution in [-0.2, 0) is 22.4 Å². The molecule has 4 rings (SSSR count). The molecule has 1 amide bonds. The fraction of sp³-hybridized carbons (Fsp3) is 0.536. The molecule has 1 saturated heterocycles. The van der Waals surface area contributed by atoms with Gasteiger partial charge in [-0.3, -0.25) is 19.5 Å². The third-order valence-electron chi connectivity index (χ3n) is 7.47. The number of rotatable bonds is 12. The van der Waals surface area contributed by atoms with E-state index < -0.39 is 11.9 Å². The fourth-order valence-electron chi connectivity index (χ4n) is 5.61. The van der Waals surface area contributed by atoms with E-state index in [1.54, 1.807) is 6.20 Å². The molecule has 2 aromatic rings. The predicted molar refractivity (Wildman–Crippen MR) is 138 cm³/mol. The number of aromatic nitrogens is 1. The van der Waals surface area contributed by atoms with E-state index in [1.165, 1.54) is 0 Å². The number of amides is 1. The van der Waals surface area contributed by atoms with Crippen LogP contribution in [0.5, 0.6) is 5.75 Å². The first-order valence-electron chi connectivity index (χ1n) is 13.1. The number of unbranched alkanes of at least 4 members (excludes halogenated alkanes) is 1. The van der Waals surface area contributed by atoms with Gasteiger partial charge in [0.2, 0.25) is 5.91 Å². The van der Waals surface area contributed by atoms with Crippen molar-refractivity contribution in [2.45, 2.75) is 51.0 Å². The van der Waals surface area contributed by atoms with E-state index >= 15 is 0 Å². The van der Waals surface area contributed by atoms with Crippen molar-refractivity contribution in [2.24, 2.45) is 11.7 Å². The lowest BCUT2D eigenvalue weighted by atomic mass is 9.83. The second-order valence-electron chi connectivity index (χ2n) is 9.82. The van der Waals surface area contributed by atoms with Crippen molar-refractivity contribution in [3.05, 3.63) is 59.4 Å². The molecule has 3 heterocycles. The summed E-state index contributed by atoms with van der Waals surface area (Å²) in [5, 5.41) is 10.4. The highest BCUT2D eigenvalue weighted by atomic mass is 16.5. The average Bonchev–Trinajstić information content (AvgIpc) is 3.50. The maximum Gasteiger partial charge on any atom is 0.308 e. The largest absolute Gasteiger partial charge is 0.493 e. The summed E-state index contributed by atoms with van der Waals surface area (Å²) in [5.74, 6) is -0.726. The Bertz CT molecular complexity index is 1030. The molecule has 194 valence electrons. The Morgan fingerprint density at radius 1 is 1.25 bits per heavy atom. The molecule has 8 heteroatoms. The molecule has 0 spiro atoms. The predicted octanol–water partition coefficient (Wildman–Crippen LogP) is 2.71. The maximum absolute atomic E-state index is 13.3. The average molecular weight is 495 g/mol. The molecular formula is C28H38N4O4. The number of aliphatic carboxylic acids is 1. The summed E-state index contributed by atoms with van der Waals surface area (Å²) in [7, 11) is 0. The van der Waals surface area contributed by atoms with Gasteiger partial charge in [0.1, 0.15) is 5.75 Å². The van der Waals surface area contributed by atoms with Crippen molar-refractivity contribution in [3.8, 4) is 5.75 Å². The summed E-state index contributed by atoms with van der Waals surface area (Å²) in [6.45, 7) is 5.09. The number of hydrogen-bond donors (Lipinski definition) is 2. The molecule has 3 N–H and O–H groups in total. The number of ether oxygens (including phenoxy) is 1. The van der Waals surface area contributed by atoms with Crippen LogP contribution in [0.3, 0.4) is 0 Å². The van der Waals surface area contributed by atoms with Crippen molar-refractivity contribution >= 4 is 11.9 Å². The first-order chi connectivity index (χ1) is 17.5. The second kappa shape index (κ2) is 12.3. The van der Waals surface area contributed by atoms with Gasteiger partial charge < -0.3 is 20.5 Å². The van der Waals surface area contributed by atoms with Crippen LogP contribution < -0.4 is 10.5 Å². The Balaban J connectivity index is 1.59. The number of hydrogen-bond acceptors (Lipinski definition) is 6. The van der Waals surface area contributed by atoms with E-state index in [9.17, 15) is 14.7 Å². The Kier molecular flexibility index (Phi) is 8.93. The molecule has 0 aliphatic carbocycles. The minimum Gasteiger partial charge on any atom is -0.493 e. The van der Waals surface area contributed by atoms with Gasteiger partial charge in [-0.2, -0.15) is 0 Å². The molecule has 0 saturated carbocycles. The molecule has 2 aliphatic rings. The molecule has 1 fully saturated rings. The van der Waals surface area contributed by atoms with E-state index in [4.69, 9.17) is 10.5 Å². The zero-order valence-corrected chi connectivity index (χ0v) is 21.1. The highest BCUT2D eigenvalue weighted by molar-refractivity contribution is 5.79. The third kappa shape index (κ3) is 6.05. The molecule has 3 unspecified atom stereocenters. The number of carbonyl (C=O) groups is 2. The van der Waals surface area contributed by atoms with Crippen LogP contribution in [0.1, 0.15) is 48.9 Å². The van der Waals surface area contributed by atoms with Crippen LogP contribution in [0.2, 0.25) is 0 Å². The number of carbonyl (C=O) groups excluding carboxylic acids is 1. The summed E-state index contributed by atoms with van der Waals surface area (Å²) < 4.78 is 5.66. The van der Waals surface area contributed by atoms with Crippen molar-refractivity contribution in [1.29, 1.82) is 0 Å². The van der Waals surface area contributed by atoms with Gasteiger partial charge in [-0.15, -0.1) is 0 Å². The number of nitrogens with zero attached hydrogens (tertiary/aromatic N) is 3. The van der Waals surface area contributed by atoms with Gasteiger partial charge in [-0.1, -0.05) is 31.5 Å². The smallest absolute Gasteiger partial charge is 0.308 e. The van der Waals surface area contributed by atoms with Crippen LogP contribution in [0, 0.1) is 5.92 Å². The van der Waals surface area contributed by atoms with Crippen molar-refractivity contribution in [1.82, 2.24) is 14.8 Å². The van der Waals surface area contributed by atoms with Crippen molar-refractivity contribution in [3.63, 3.8) is 0 Å². The van der Waals surface area contributed by atoms with E-state index in [-0.39, 0.29) is 24.4 Å². The molecular weight excluding hydrogens is 456 g/mol. The molecule has 3 atom stereocenters. The van der Waals surface area contributed by atoms with Crippen molar-refractivity contribution in [2.75, 3.05) is 39.3 Å². The number of benzene rings is 1. The Labute approximate surface area is 213 Å². The summed E-state index contributed by atoms with van der Waals surface area (Å²) in [4.78, 5) is 34.4. The first kappa shape index (κ1) is 26.1. The topological polar surface area (TPSA) is 109 Å². The van der Waals surface area contributed by atoms with Gasteiger partial charge in [-0.25, -0.2) is 0 Å². The lowest BCUT2D eigenvalue weighted by Gasteiger charge is -2.29. The standard InChI is InChI=1S/C28H38N4O4/c1-2-3-14-31(15-12-29)26(33)19-32-18-23(20-7-10-25-21(17-20)11-16-36-25)27(28(34)35)24(32)9-8-22-6-4-5-13-30-22/h4-7,10,13,17,23-24,27H,2-3,8-9,11-12,14-16,18-19,29H2,1H3,(H,34,35). The maximum atomic E-state index is 13.3. The summed E-state index contributed by atoms with van der Waals surface area (Å²) in [6.07, 6.45) is 5.80.